The van der Waals surface area contributed by atoms with Gasteiger partial charge >= 0.3 is 0 Å². The molecule has 148 valence electrons. The lowest BCUT2D eigenvalue weighted by atomic mass is 10.1. The Kier molecular flexibility index (Phi) is 5.16. The number of para-hydroxylation sites is 1. The second-order valence-corrected chi connectivity index (χ2v) is 7.36. The van der Waals surface area contributed by atoms with Crippen molar-refractivity contribution in [3.05, 3.63) is 77.4 Å². The molecule has 3 aromatic rings. The monoisotopic (exact) mass is 388 g/mol. The second kappa shape index (κ2) is 7.91. The SMILES string of the molecule is Cc1cccc(NC(=O)c2nc(C(=O)N(C)c3ccccc3)c3n2CCCC3)c1. The molecule has 0 saturated heterocycles. The molecule has 0 saturated carbocycles. The quantitative estimate of drug-likeness (QED) is 0.733. The molecule has 0 bridgehead atoms. The van der Waals surface area contributed by atoms with Crippen LogP contribution in [0.4, 0.5) is 11.4 Å². The number of hydrogen-bond acceptors (Lipinski definition) is 3. The standard InChI is InChI=1S/C23H24N4O2/c1-16-9-8-10-17(15-16)24-22(28)21-25-20(19-13-6-7-14-27(19)21)23(29)26(2)18-11-4-3-5-12-18/h3-5,8-12,15H,6-7,13-14H2,1-2H3,(H,24,28). The third-order valence-electron chi connectivity index (χ3n) is 5.25. The van der Waals surface area contributed by atoms with E-state index in [-0.39, 0.29) is 11.8 Å². The lowest BCUT2D eigenvalue weighted by Crippen LogP contribution is -2.28. The van der Waals surface area contributed by atoms with Gasteiger partial charge in [-0.1, -0.05) is 30.3 Å². The number of carbonyl (C=O) groups is 2. The molecule has 1 aliphatic rings. The molecule has 0 fully saturated rings. The highest BCUT2D eigenvalue weighted by Crippen LogP contribution is 2.24. The topological polar surface area (TPSA) is 67.2 Å². The number of nitrogens with one attached hydrogen (secondary N) is 1. The maximum absolute atomic E-state index is 13.2. The fourth-order valence-corrected chi connectivity index (χ4v) is 3.73. The number of imidazole rings is 1. The minimum Gasteiger partial charge on any atom is -0.323 e. The Hall–Kier alpha value is -3.41. The molecule has 0 radical (unpaired) electrons. The highest BCUT2D eigenvalue weighted by atomic mass is 16.2. The van der Waals surface area contributed by atoms with Crippen molar-refractivity contribution in [3.63, 3.8) is 0 Å². The van der Waals surface area contributed by atoms with E-state index in [2.05, 4.69) is 10.3 Å². The average Bonchev–Trinajstić information content (AvgIpc) is 3.13. The predicted octanol–water partition coefficient (Wildman–Crippen LogP) is 4.06. The van der Waals surface area contributed by atoms with E-state index < -0.39 is 0 Å². The fourth-order valence-electron chi connectivity index (χ4n) is 3.73. The van der Waals surface area contributed by atoms with Crippen molar-refractivity contribution < 1.29 is 9.59 Å². The summed E-state index contributed by atoms with van der Waals surface area (Å²) in [5.74, 6) is -0.192. The summed E-state index contributed by atoms with van der Waals surface area (Å²) in [7, 11) is 1.73. The van der Waals surface area contributed by atoms with E-state index in [1.54, 1.807) is 11.9 Å². The van der Waals surface area contributed by atoms with Crippen molar-refractivity contribution in [1.82, 2.24) is 9.55 Å². The van der Waals surface area contributed by atoms with E-state index in [0.29, 0.717) is 18.1 Å². The van der Waals surface area contributed by atoms with Gasteiger partial charge in [0.1, 0.15) is 0 Å². The van der Waals surface area contributed by atoms with Crippen LogP contribution in [-0.2, 0) is 13.0 Å². The zero-order valence-electron chi connectivity index (χ0n) is 16.7. The molecule has 0 spiro atoms. The maximum atomic E-state index is 13.2. The van der Waals surface area contributed by atoms with Crippen LogP contribution in [0.5, 0.6) is 0 Å². The van der Waals surface area contributed by atoms with Gasteiger partial charge in [-0.3, -0.25) is 9.59 Å². The van der Waals surface area contributed by atoms with Crippen LogP contribution in [0.15, 0.2) is 54.6 Å². The Labute approximate surface area is 170 Å². The van der Waals surface area contributed by atoms with Crippen molar-refractivity contribution in [1.29, 1.82) is 0 Å². The van der Waals surface area contributed by atoms with Crippen molar-refractivity contribution in [2.75, 3.05) is 17.3 Å². The van der Waals surface area contributed by atoms with Crippen LogP contribution in [0.25, 0.3) is 0 Å². The molecule has 1 aromatic heterocycles. The Balaban J connectivity index is 1.67. The molecule has 6 nitrogen and oxygen atoms in total. The van der Waals surface area contributed by atoms with Gasteiger partial charge in [-0.25, -0.2) is 4.98 Å². The van der Waals surface area contributed by atoms with Crippen LogP contribution in [0.1, 0.15) is 45.2 Å². The van der Waals surface area contributed by atoms with Gasteiger partial charge < -0.3 is 14.8 Å². The molecular formula is C23H24N4O2. The van der Waals surface area contributed by atoms with E-state index in [0.717, 1.165) is 41.9 Å². The Morgan fingerprint density at radius 2 is 1.86 bits per heavy atom. The van der Waals surface area contributed by atoms with Crippen molar-refractivity contribution in [2.24, 2.45) is 0 Å². The molecule has 1 aliphatic heterocycles. The largest absolute Gasteiger partial charge is 0.323 e. The number of nitrogens with zero attached hydrogens (tertiary/aromatic N) is 3. The van der Waals surface area contributed by atoms with Crippen molar-refractivity contribution >= 4 is 23.2 Å². The first kappa shape index (κ1) is 18.9. The molecule has 0 unspecified atom stereocenters. The number of hydrogen-bond donors (Lipinski definition) is 1. The minimum absolute atomic E-state index is 0.198. The van der Waals surface area contributed by atoms with Crippen LogP contribution < -0.4 is 10.2 Å². The Bertz CT molecular complexity index is 1060. The average molecular weight is 388 g/mol. The molecule has 6 heteroatoms. The van der Waals surface area contributed by atoms with E-state index in [4.69, 9.17) is 0 Å². The number of aryl methyl sites for hydroxylation is 1. The van der Waals surface area contributed by atoms with Gasteiger partial charge in [-0.05, 0) is 56.0 Å². The van der Waals surface area contributed by atoms with Crippen LogP contribution in [0.3, 0.4) is 0 Å². The molecule has 0 aliphatic carbocycles. The normalized spacial score (nSPS) is 12.9. The van der Waals surface area contributed by atoms with Crippen LogP contribution in [0, 0.1) is 6.92 Å². The fraction of sp³-hybridized carbons (Fsp3) is 0.261. The number of carbonyl (C=O) groups excluding carboxylic acids is 2. The Morgan fingerprint density at radius 1 is 1.07 bits per heavy atom. The Morgan fingerprint density at radius 3 is 2.62 bits per heavy atom. The van der Waals surface area contributed by atoms with Gasteiger partial charge in [0.2, 0.25) is 0 Å². The van der Waals surface area contributed by atoms with Crippen LogP contribution in [0.2, 0.25) is 0 Å². The zero-order chi connectivity index (χ0) is 20.4. The number of benzene rings is 2. The van der Waals surface area contributed by atoms with E-state index in [1.807, 2.05) is 66.1 Å². The first-order chi connectivity index (χ1) is 14.0. The highest BCUT2D eigenvalue weighted by molar-refractivity contribution is 6.07. The summed E-state index contributed by atoms with van der Waals surface area (Å²) in [6, 6.07) is 17.1. The number of fused-ring (bicyclic) bond motifs is 1. The van der Waals surface area contributed by atoms with E-state index in [1.165, 1.54) is 0 Å². The van der Waals surface area contributed by atoms with Gasteiger partial charge in [0.05, 0.1) is 5.69 Å². The van der Waals surface area contributed by atoms with E-state index >= 15 is 0 Å². The summed E-state index contributed by atoms with van der Waals surface area (Å²) in [5.41, 5.74) is 3.79. The predicted molar refractivity (Wildman–Crippen MR) is 113 cm³/mol. The summed E-state index contributed by atoms with van der Waals surface area (Å²) in [4.78, 5) is 32.2. The third-order valence-corrected chi connectivity index (χ3v) is 5.25. The second-order valence-electron chi connectivity index (χ2n) is 7.36. The molecule has 0 atom stereocenters. The smallest absolute Gasteiger partial charge is 0.291 e. The first-order valence-electron chi connectivity index (χ1n) is 9.85. The molecule has 29 heavy (non-hydrogen) atoms. The van der Waals surface area contributed by atoms with Gasteiger partial charge in [0.15, 0.2) is 11.5 Å². The van der Waals surface area contributed by atoms with Gasteiger partial charge in [0.25, 0.3) is 11.8 Å². The minimum atomic E-state index is -0.292. The van der Waals surface area contributed by atoms with Gasteiger partial charge in [0, 0.05) is 25.0 Å². The van der Waals surface area contributed by atoms with Crippen LogP contribution >= 0.6 is 0 Å². The van der Waals surface area contributed by atoms with Gasteiger partial charge in [-0.2, -0.15) is 0 Å². The number of aromatic nitrogens is 2. The van der Waals surface area contributed by atoms with Gasteiger partial charge in [-0.15, -0.1) is 0 Å². The molecule has 2 aromatic carbocycles. The molecule has 2 heterocycles. The molecule has 2 amide bonds. The molecule has 4 rings (SSSR count). The van der Waals surface area contributed by atoms with Crippen LogP contribution in [-0.4, -0.2) is 28.4 Å². The van der Waals surface area contributed by atoms with Crippen molar-refractivity contribution in [3.8, 4) is 0 Å². The zero-order valence-corrected chi connectivity index (χ0v) is 16.7. The molecular weight excluding hydrogens is 364 g/mol. The summed E-state index contributed by atoms with van der Waals surface area (Å²) >= 11 is 0. The summed E-state index contributed by atoms with van der Waals surface area (Å²) in [6.07, 6.45) is 2.70. The number of amides is 2. The van der Waals surface area contributed by atoms with E-state index in [9.17, 15) is 9.59 Å². The molecule has 1 N–H and O–H groups in total. The number of anilines is 2. The summed E-state index contributed by atoms with van der Waals surface area (Å²) in [5, 5.41) is 2.92. The maximum Gasteiger partial charge on any atom is 0.291 e. The summed E-state index contributed by atoms with van der Waals surface area (Å²) in [6.45, 7) is 2.67. The summed E-state index contributed by atoms with van der Waals surface area (Å²) < 4.78 is 1.90. The third kappa shape index (κ3) is 3.78. The highest BCUT2D eigenvalue weighted by Gasteiger charge is 2.29. The van der Waals surface area contributed by atoms with Crippen molar-refractivity contribution in [2.45, 2.75) is 32.7 Å². The number of rotatable bonds is 4. The lowest BCUT2D eigenvalue weighted by molar-refractivity contribution is 0.0987. The lowest BCUT2D eigenvalue weighted by Gasteiger charge is -2.19. The first-order valence-corrected chi connectivity index (χ1v) is 9.85.